The molecule has 3 heterocycles. The third kappa shape index (κ3) is 2.38. The van der Waals surface area contributed by atoms with Crippen molar-refractivity contribution in [3.05, 3.63) is 40.7 Å². The lowest BCUT2D eigenvalue weighted by Gasteiger charge is -2.06. The van der Waals surface area contributed by atoms with Crippen LogP contribution in [-0.4, -0.2) is 30.6 Å². The zero-order valence-electron chi connectivity index (χ0n) is 10.4. The summed E-state index contributed by atoms with van der Waals surface area (Å²) in [4.78, 5) is 11.3. The Bertz CT molecular complexity index is 847. The minimum atomic E-state index is -2.50. The summed E-state index contributed by atoms with van der Waals surface area (Å²) >= 11 is 3.23. The quantitative estimate of drug-likeness (QED) is 0.680. The fraction of sp³-hybridized carbons (Fsp3) is 0.167. The molecule has 0 aliphatic heterocycles. The predicted molar refractivity (Wildman–Crippen MR) is 74.2 cm³/mol. The van der Waals surface area contributed by atoms with Gasteiger partial charge in [-0.15, -0.1) is 4.52 Å². The van der Waals surface area contributed by atoms with Crippen molar-refractivity contribution in [1.29, 1.82) is 0 Å². The molecule has 0 N–H and O–H groups in total. The van der Waals surface area contributed by atoms with Crippen molar-refractivity contribution < 1.29 is 8.78 Å². The van der Waals surface area contributed by atoms with Gasteiger partial charge in [0, 0.05) is 6.07 Å². The molecule has 0 unspecified atom stereocenters. The van der Waals surface area contributed by atoms with Gasteiger partial charge in [-0.1, -0.05) is 11.7 Å². The normalized spacial score (nSPS) is 11.2. The molecule has 0 aliphatic rings. The van der Waals surface area contributed by atoms with E-state index < -0.39 is 13.0 Å². The van der Waals surface area contributed by atoms with Gasteiger partial charge in [0.05, 0.1) is 19.1 Å². The monoisotopic (exact) mass is 352 g/mol. The Morgan fingerprint density at radius 1 is 1.33 bits per heavy atom. The Hall–Kier alpha value is -2.34. The number of imidazole rings is 2. The number of alkyl halides is 2. The van der Waals surface area contributed by atoms with Crippen LogP contribution in [0.25, 0.3) is 21.9 Å². The summed E-state index contributed by atoms with van der Waals surface area (Å²) in [6.07, 6.45) is 0.229. The third-order valence-electron chi connectivity index (χ3n) is 2.83. The highest BCUT2D eigenvalue weighted by atomic mass is 79.9. The fourth-order valence-corrected chi connectivity index (χ4v) is 2.48. The van der Waals surface area contributed by atoms with Gasteiger partial charge in [-0.05, 0) is 22.0 Å². The summed E-state index contributed by atoms with van der Waals surface area (Å²) in [6.45, 7) is 6.58. The summed E-state index contributed by atoms with van der Waals surface area (Å²) in [5.41, 5.74) is 1.37. The molecule has 0 bridgehead atoms. The van der Waals surface area contributed by atoms with Crippen molar-refractivity contribution in [1.82, 2.24) is 24.1 Å². The highest BCUT2D eigenvalue weighted by Crippen LogP contribution is 2.27. The number of nitrogens with zero attached hydrogens (tertiary/aromatic N) is 6. The van der Waals surface area contributed by atoms with Crippen molar-refractivity contribution >= 4 is 27.4 Å². The van der Waals surface area contributed by atoms with Gasteiger partial charge in [-0.25, -0.2) is 18.7 Å². The van der Waals surface area contributed by atoms with Crippen molar-refractivity contribution in [3.63, 3.8) is 0 Å². The first-order valence-corrected chi connectivity index (χ1v) is 6.61. The average molecular weight is 353 g/mol. The van der Waals surface area contributed by atoms with Crippen molar-refractivity contribution in [3.8, 4) is 11.4 Å². The first kappa shape index (κ1) is 13.6. The van der Waals surface area contributed by atoms with E-state index in [2.05, 4.69) is 35.8 Å². The average Bonchev–Trinajstić information content (AvgIpc) is 3.01. The van der Waals surface area contributed by atoms with Gasteiger partial charge in [0.2, 0.25) is 5.65 Å². The van der Waals surface area contributed by atoms with Gasteiger partial charge in [0.1, 0.15) is 16.0 Å². The minimum Gasteiger partial charge on any atom is -0.360 e. The van der Waals surface area contributed by atoms with E-state index in [9.17, 15) is 8.78 Å². The van der Waals surface area contributed by atoms with E-state index >= 15 is 0 Å². The molecular formula is C12H7BrF2N6. The second-order valence-corrected chi connectivity index (χ2v) is 4.90. The van der Waals surface area contributed by atoms with Gasteiger partial charge < -0.3 is 9.41 Å². The first-order chi connectivity index (χ1) is 10.1. The molecule has 3 aromatic heterocycles. The largest absolute Gasteiger partial charge is 0.360 e. The van der Waals surface area contributed by atoms with E-state index in [0.29, 0.717) is 21.6 Å². The third-order valence-corrected chi connectivity index (χ3v) is 3.41. The molecule has 21 heavy (non-hydrogen) atoms. The Labute approximate surface area is 126 Å². The maximum Gasteiger partial charge on any atom is 0.275 e. The van der Waals surface area contributed by atoms with Crippen LogP contribution in [-0.2, 0) is 6.54 Å². The Kier molecular flexibility index (Phi) is 3.39. The topological polar surface area (TPSA) is 52.4 Å². The molecule has 0 saturated carbocycles. The maximum atomic E-state index is 12.6. The van der Waals surface area contributed by atoms with Crippen LogP contribution < -0.4 is 0 Å². The summed E-state index contributed by atoms with van der Waals surface area (Å²) in [6, 6.07) is 3.32. The molecule has 0 amide bonds. The van der Waals surface area contributed by atoms with Crippen LogP contribution >= 0.6 is 15.9 Å². The molecule has 6 nitrogen and oxygen atoms in total. The van der Waals surface area contributed by atoms with E-state index in [0.717, 1.165) is 0 Å². The van der Waals surface area contributed by atoms with Gasteiger partial charge >= 0.3 is 0 Å². The van der Waals surface area contributed by atoms with E-state index in [-0.39, 0.29) is 5.82 Å². The highest BCUT2D eigenvalue weighted by Gasteiger charge is 2.18. The van der Waals surface area contributed by atoms with Crippen LogP contribution in [0.15, 0.2) is 29.3 Å². The van der Waals surface area contributed by atoms with Gasteiger partial charge in [-0.2, -0.15) is 0 Å². The molecule has 0 saturated heterocycles. The van der Waals surface area contributed by atoms with Crippen molar-refractivity contribution in [2.24, 2.45) is 0 Å². The van der Waals surface area contributed by atoms with Crippen LogP contribution in [0.4, 0.5) is 14.6 Å². The second-order valence-electron chi connectivity index (χ2n) is 4.14. The number of hydrogen-bond acceptors (Lipinski definition) is 3. The Morgan fingerprint density at radius 2 is 2.14 bits per heavy atom. The highest BCUT2D eigenvalue weighted by molar-refractivity contribution is 9.10. The lowest BCUT2D eigenvalue weighted by atomic mass is 10.3. The van der Waals surface area contributed by atoms with Crippen LogP contribution in [0, 0.1) is 6.57 Å². The molecule has 106 valence electrons. The lowest BCUT2D eigenvalue weighted by Crippen LogP contribution is -2.08. The number of hydrogen-bond donors (Lipinski definition) is 0. The fourth-order valence-electron chi connectivity index (χ4n) is 1.96. The zero-order chi connectivity index (χ0) is 15.0. The molecule has 0 radical (unpaired) electrons. The smallest absolute Gasteiger partial charge is 0.275 e. The zero-order valence-corrected chi connectivity index (χ0v) is 12.0. The number of fused-ring (bicyclic) bond motifs is 1. The van der Waals surface area contributed by atoms with Crippen molar-refractivity contribution in [2.75, 3.05) is 0 Å². The Balaban J connectivity index is 2.16. The van der Waals surface area contributed by atoms with E-state index in [4.69, 9.17) is 6.57 Å². The van der Waals surface area contributed by atoms with Crippen molar-refractivity contribution in [2.45, 2.75) is 13.0 Å². The summed E-state index contributed by atoms with van der Waals surface area (Å²) in [5, 5.41) is 4.28. The van der Waals surface area contributed by atoms with E-state index in [1.807, 2.05) is 0 Å². The molecule has 0 fully saturated rings. The molecule has 9 heteroatoms. The molecule has 0 atom stereocenters. The lowest BCUT2D eigenvalue weighted by molar-refractivity contribution is 0.127. The molecule has 0 spiro atoms. The number of halogens is 3. The molecule has 0 aromatic carbocycles. The standard InChI is InChI=1S/C12H7BrF2N6/c1-16-10-4-17-9-3-2-7(19-21(9)10)11-12(13)18-6-20(11)5-8(14)15/h2-4,6,8H,5H2. The van der Waals surface area contributed by atoms with Crippen LogP contribution in [0.5, 0.6) is 0 Å². The van der Waals surface area contributed by atoms with Crippen LogP contribution in [0.2, 0.25) is 0 Å². The number of aromatic nitrogens is 5. The molecule has 3 rings (SSSR count). The van der Waals surface area contributed by atoms with Crippen LogP contribution in [0.3, 0.4) is 0 Å². The number of rotatable bonds is 3. The van der Waals surface area contributed by atoms with E-state index in [1.165, 1.54) is 21.6 Å². The molecular weight excluding hydrogens is 346 g/mol. The predicted octanol–water partition coefficient (Wildman–Crippen LogP) is 3.17. The first-order valence-electron chi connectivity index (χ1n) is 5.81. The SMILES string of the molecule is [C-]#[N+]c1cnc2ccc(-c3c(Br)ncn3CC(F)F)nn12. The molecule has 3 aromatic rings. The molecule has 0 aliphatic carbocycles. The van der Waals surface area contributed by atoms with Gasteiger partial charge in [0.25, 0.3) is 12.2 Å². The maximum absolute atomic E-state index is 12.6. The van der Waals surface area contributed by atoms with Gasteiger partial charge in [-0.3, -0.25) is 0 Å². The summed E-state index contributed by atoms with van der Waals surface area (Å²) in [7, 11) is 0. The van der Waals surface area contributed by atoms with Gasteiger partial charge in [0.15, 0.2) is 0 Å². The van der Waals surface area contributed by atoms with Crippen LogP contribution in [0.1, 0.15) is 0 Å². The summed E-state index contributed by atoms with van der Waals surface area (Å²) < 4.78 is 28.3. The Morgan fingerprint density at radius 3 is 2.86 bits per heavy atom. The van der Waals surface area contributed by atoms with E-state index in [1.54, 1.807) is 12.1 Å². The second kappa shape index (κ2) is 5.21. The summed E-state index contributed by atoms with van der Waals surface area (Å²) in [5.74, 6) is 0.253. The minimum absolute atomic E-state index is 0.253.